The maximum Gasteiger partial charge on any atom is 0.143 e. The molecule has 1 saturated carbocycles. The Kier molecular flexibility index (Phi) is 3.31. The van der Waals surface area contributed by atoms with Gasteiger partial charge in [-0.15, -0.1) is 0 Å². The van der Waals surface area contributed by atoms with Crippen LogP contribution in [0.15, 0.2) is 16.6 Å². The fourth-order valence-corrected chi connectivity index (χ4v) is 2.55. The molecule has 0 aromatic heterocycles. The summed E-state index contributed by atoms with van der Waals surface area (Å²) >= 11 is 3.05. The molecular formula is C12H13BrF2O. The number of aliphatic hydroxyl groups is 1. The lowest BCUT2D eigenvalue weighted by atomic mass is 9.66. The van der Waals surface area contributed by atoms with Gasteiger partial charge in [0.15, 0.2) is 0 Å². The van der Waals surface area contributed by atoms with Gasteiger partial charge in [0, 0.05) is 12.2 Å². The lowest BCUT2D eigenvalue weighted by Gasteiger charge is -2.40. The molecule has 0 amide bonds. The van der Waals surface area contributed by atoms with Crippen LogP contribution in [0.1, 0.15) is 24.8 Å². The van der Waals surface area contributed by atoms with E-state index in [1.807, 2.05) is 0 Å². The van der Waals surface area contributed by atoms with Crippen LogP contribution in [0, 0.1) is 17.0 Å². The molecule has 2 rings (SSSR count). The van der Waals surface area contributed by atoms with E-state index in [0.29, 0.717) is 0 Å². The van der Waals surface area contributed by atoms with Gasteiger partial charge in [0.05, 0.1) is 4.47 Å². The van der Waals surface area contributed by atoms with E-state index in [2.05, 4.69) is 15.9 Å². The van der Waals surface area contributed by atoms with Crippen LogP contribution in [-0.4, -0.2) is 11.7 Å². The van der Waals surface area contributed by atoms with E-state index in [1.54, 1.807) is 0 Å². The first-order valence-electron chi connectivity index (χ1n) is 5.31. The molecule has 1 N–H and O–H groups in total. The molecule has 0 heterocycles. The molecule has 88 valence electrons. The molecule has 1 aliphatic rings. The van der Waals surface area contributed by atoms with Crippen molar-refractivity contribution in [3.63, 3.8) is 0 Å². The summed E-state index contributed by atoms with van der Waals surface area (Å²) in [5.41, 5.74) is -0.217. The molecule has 16 heavy (non-hydrogen) atoms. The Bertz CT molecular complexity index is 397. The monoisotopic (exact) mass is 290 g/mol. The summed E-state index contributed by atoms with van der Waals surface area (Å²) in [5, 5.41) is 9.29. The number of hydrogen-bond acceptors (Lipinski definition) is 1. The van der Waals surface area contributed by atoms with Crippen molar-refractivity contribution in [1.29, 1.82) is 0 Å². The Balaban J connectivity index is 2.30. The van der Waals surface area contributed by atoms with Crippen molar-refractivity contribution in [2.45, 2.75) is 25.7 Å². The first-order chi connectivity index (χ1) is 7.58. The van der Waals surface area contributed by atoms with E-state index < -0.39 is 11.6 Å². The summed E-state index contributed by atoms with van der Waals surface area (Å²) in [6.45, 7) is -0.00159. The zero-order valence-electron chi connectivity index (χ0n) is 8.77. The summed E-state index contributed by atoms with van der Waals surface area (Å²) in [4.78, 5) is 0. The van der Waals surface area contributed by atoms with Gasteiger partial charge in [-0.1, -0.05) is 6.42 Å². The van der Waals surface area contributed by atoms with Crippen molar-refractivity contribution in [1.82, 2.24) is 0 Å². The summed E-state index contributed by atoms with van der Waals surface area (Å²) in [6.07, 6.45) is 2.99. The molecular weight excluding hydrogens is 278 g/mol. The minimum Gasteiger partial charge on any atom is -0.396 e. The third-order valence-corrected chi connectivity index (χ3v) is 4.05. The molecule has 1 aliphatic carbocycles. The predicted molar refractivity (Wildman–Crippen MR) is 61.1 cm³/mol. The average Bonchev–Trinajstić information content (AvgIpc) is 2.22. The van der Waals surface area contributed by atoms with Gasteiger partial charge in [-0.2, -0.15) is 0 Å². The standard InChI is InChI=1S/C12H13BrF2O/c13-9-2-3-10(14)8(11(9)15)6-12(7-16)4-1-5-12/h2-3,16H,1,4-7H2. The topological polar surface area (TPSA) is 20.2 Å². The smallest absolute Gasteiger partial charge is 0.143 e. The van der Waals surface area contributed by atoms with Crippen LogP contribution in [0.5, 0.6) is 0 Å². The highest BCUT2D eigenvalue weighted by Gasteiger charge is 2.38. The Morgan fingerprint density at radius 3 is 2.50 bits per heavy atom. The van der Waals surface area contributed by atoms with Crippen LogP contribution in [0.3, 0.4) is 0 Å². The van der Waals surface area contributed by atoms with Gasteiger partial charge >= 0.3 is 0 Å². The fraction of sp³-hybridized carbons (Fsp3) is 0.500. The molecule has 0 unspecified atom stereocenters. The van der Waals surface area contributed by atoms with Crippen LogP contribution in [-0.2, 0) is 6.42 Å². The van der Waals surface area contributed by atoms with E-state index in [4.69, 9.17) is 0 Å². The van der Waals surface area contributed by atoms with Gasteiger partial charge in [-0.3, -0.25) is 0 Å². The largest absolute Gasteiger partial charge is 0.396 e. The molecule has 1 fully saturated rings. The van der Waals surface area contributed by atoms with Crippen LogP contribution in [0.25, 0.3) is 0 Å². The highest BCUT2D eigenvalue weighted by Crippen LogP contribution is 2.44. The Labute approximate surface area is 102 Å². The summed E-state index contributed by atoms with van der Waals surface area (Å²) < 4.78 is 27.5. The van der Waals surface area contributed by atoms with Crippen molar-refractivity contribution in [2.75, 3.05) is 6.61 Å². The lowest BCUT2D eigenvalue weighted by molar-refractivity contribution is 0.0434. The van der Waals surface area contributed by atoms with E-state index in [0.717, 1.165) is 19.3 Å². The van der Waals surface area contributed by atoms with E-state index >= 15 is 0 Å². The molecule has 4 heteroatoms. The number of aliphatic hydroxyl groups excluding tert-OH is 1. The molecule has 0 spiro atoms. The minimum atomic E-state index is -0.542. The minimum absolute atomic E-state index is 0.00159. The normalized spacial score (nSPS) is 18.2. The van der Waals surface area contributed by atoms with E-state index in [9.17, 15) is 13.9 Å². The molecule has 0 radical (unpaired) electrons. The van der Waals surface area contributed by atoms with Gasteiger partial charge in [0.1, 0.15) is 11.6 Å². The van der Waals surface area contributed by atoms with Gasteiger partial charge in [-0.25, -0.2) is 8.78 Å². The second kappa shape index (κ2) is 4.41. The average molecular weight is 291 g/mol. The molecule has 1 aromatic rings. The summed E-state index contributed by atoms with van der Waals surface area (Å²) in [5.74, 6) is -1.07. The van der Waals surface area contributed by atoms with Crippen molar-refractivity contribution in [2.24, 2.45) is 5.41 Å². The molecule has 1 aromatic carbocycles. The van der Waals surface area contributed by atoms with Crippen LogP contribution in [0.4, 0.5) is 8.78 Å². The van der Waals surface area contributed by atoms with Crippen molar-refractivity contribution in [3.05, 3.63) is 33.8 Å². The van der Waals surface area contributed by atoms with Gasteiger partial charge < -0.3 is 5.11 Å². The number of halogens is 3. The van der Waals surface area contributed by atoms with Crippen molar-refractivity contribution in [3.8, 4) is 0 Å². The number of hydrogen-bond donors (Lipinski definition) is 1. The molecule has 0 bridgehead atoms. The second-order valence-corrected chi connectivity index (χ2v) is 5.36. The third kappa shape index (κ3) is 2.00. The van der Waals surface area contributed by atoms with Gasteiger partial charge in [0.2, 0.25) is 0 Å². The first kappa shape index (κ1) is 12.0. The van der Waals surface area contributed by atoms with Crippen LogP contribution < -0.4 is 0 Å². The van der Waals surface area contributed by atoms with E-state index in [1.165, 1.54) is 12.1 Å². The molecule has 0 atom stereocenters. The quantitative estimate of drug-likeness (QED) is 0.846. The second-order valence-electron chi connectivity index (χ2n) is 4.51. The summed E-state index contributed by atoms with van der Waals surface area (Å²) in [6, 6.07) is 2.62. The fourth-order valence-electron chi connectivity index (χ4n) is 2.17. The maximum absolute atomic E-state index is 13.7. The summed E-state index contributed by atoms with van der Waals surface area (Å²) in [7, 11) is 0. The Hall–Kier alpha value is -0.480. The molecule has 0 aliphatic heterocycles. The van der Waals surface area contributed by atoms with Crippen molar-refractivity contribution < 1.29 is 13.9 Å². The lowest BCUT2D eigenvalue weighted by Crippen LogP contribution is -2.36. The van der Waals surface area contributed by atoms with Crippen molar-refractivity contribution >= 4 is 15.9 Å². The molecule has 1 nitrogen and oxygen atoms in total. The maximum atomic E-state index is 13.7. The first-order valence-corrected chi connectivity index (χ1v) is 6.10. The van der Waals surface area contributed by atoms with Gasteiger partial charge in [0.25, 0.3) is 0 Å². The Morgan fingerprint density at radius 2 is 2.00 bits per heavy atom. The predicted octanol–water partition coefficient (Wildman–Crippen LogP) is 3.43. The van der Waals surface area contributed by atoms with E-state index in [-0.39, 0.29) is 28.5 Å². The van der Waals surface area contributed by atoms with Gasteiger partial charge in [-0.05, 0) is 52.7 Å². The Morgan fingerprint density at radius 1 is 1.31 bits per heavy atom. The third-order valence-electron chi connectivity index (χ3n) is 3.44. The zero-order valence-corrected chi connectivity index (χ0v) is 10.4. The number of rotatable bonds is 3. The highest BCUT2D eigenvalue weighted by molar-refractivity contribution is 9.10. The zero-order chi connectivity index (χ0) is 11.8. The highest BCUT2D eigenvalue weighted by atomic mass is 79.9. The SMILES string of the molecule is OCC1(Cc2c(F)ccc(Br)c2F)CCC1. The molecule has 0 saturated heterocycles. The van der Waals surface area contributed by atoms with Crippen LogP contribution >= 0.6 is 15.9 Å². The van der Waals surface area contributed by atoms with Crippen LogP contribution in [0.2, 0.25) is 0 Å². The number of benzene rings is 1.